The number of ether oxygens (including phenoxy) is 3. The normalized spacial score (nSPS) is 30.4. The highest BCUT2D eigenvalue weighted by molar-refractivity contribution is 5.72. The van der Waals surface area contributed by atoms with E-state index in [0.717, 1.165) is 0 Å². The molecule has 0 saturated carbocycles. The third-order valence-corrected chi connectivity index (χ3v) is 1.78. The highest BCUT2D eigenvalue weighted by Gasteiger charge is 2.34. The summed E-state index contributed by atoms with van der Waals surface area (Å²) in [4.78, 5) is 11.0. The van der Waals surface area contributed by atoms with E-state index in [2.05, 4.69) is 4.74 Å². The number of carbonyl (C=O) groups is 1. The van der Waals surface area contributed by atoms with Crippen LogP contribution in [-0.2, 0) is 19.0 Å². The Kier molecular flexibility index (Phi) is 2.84. The number of hydrogen-bond donors (Lipinski definition) is 0. The molecule has 4 nitrogen and oxygen atoms in total. The molecule has 1 fully saturated rings. The van der Waals surface area contributed by atoms with Gasteiger partial charge in [0.25, 0.3) is 0 Å². The van der Waals surface area contributed by atoms with Gasteiger partial charge in [-0.3, -0.25) is 4.79 Å². The van der Waals surface area contributed by atoms with Crippen molar-refractivity contribution in [3.05, 3.63) is 0 Å². The summed E-state index contributed by atoms with van der Waals surface area (Å²) in [6, 6.07) is 0. The summed E-state index contributed by atoms with van der Waals surface area (Å²) >= 11 is 0. The van der Waals surface area contributed by atoms with Crippen LogP contribution >= 0.6 is 0 Å². The number of methoxy groups -OCH3 is 2. The van der Waals surface area contributed by atoms with Gasteiger partial charge in [-0.15, -0.1) is 0 Å². The lowest BCUT2D eigenvalue weighted by Gasteiger charge is -2.13. The molecular weight excluding hydrogens is 148 g/mol. The molecule has 11 heavy (non-hydrogen) atoms. The Bertz CT molecular complexity index is 145. The standard InChI is InChI=1S/C7H12O4/c1-9-6(8)5-3-4-11-7(5)10-2/h5,7H,3-4H2,1-2H3/t5-,7+/m0/s1. The van der Waals surface area contributed by atoms with E-state index < -0.39 is 6.29 Å². The van der Waals surface area contributed by atoms with E-state index in [-0.39, 0.29) is 11.9 Å². The minimum atomic E-state index is -0.414. The SMILES string of the molecule is COC(=O)[C@@H]1CCO[C@H]1OC. The van der Waals surface area contributed by atoms with E-state index in [1.54, 1.807) is 0 Å². The van der Waals surface area contributed by atoms with Crippen molar-refractivity contribution in [1.82, 2.24) is 0 Å². The van der Waals surface area contributed by atoms with Gasteiger partial charge in [0.05, 0.1) is 13.7 Å². The molecule has 0 unspecified atom stereocenters. The highest BCUT2D eigenvalue weighted by Crippen LogP contribution is 2.22. The quantitative estimate of drug-likeness (QED) is 0.540. The Morgan fingerprint density at radius 3 is 2.82 bits per heavy atom. The average Bonchev–Trinajstić information content (AvgIpc) is 2.50. The van der Waals surface area contributed by atoms with E-state index in [9.17, 15) is 4.79 Å². The number of carbonyl (C=O) groups excluding carboxylic acids is 1. The molecule has 0 aliphatic carbocycles. The summed E-state index contributed by atoms with van der Waals surface area (Å²) in [5.74, 6) is -0.501. The molecule has 4 heteroatoms. The first-order valence-corrected chi connectivity index (χ1v) is 3.52. The summed E-state index contributed by atoms with van der Waals surface area (Å²) in [6.07, 6.45) is 0.271. The van der Waals surface area contributed by atoms with Crippen LogP contribution in [0.5, 0.6) is 0 Å². The van der Waals surface area contributed by atoms with Crippen LogP contribution in [0.15, 0.2) is 0 Å². The van der Waals surface area contributed by atoms with Gasteiger partial charge in [-0.25, -0.2) is 0 Å². The predicted octanol–water partition coefficient (Wildman–Crippen LogP) is 0.168. The Morgan fingerprint density at radius 2 is 2.27 bits per heavy atom. The van der Waals surface area contributed by atoms with Gasteiger partial charge in [-0.05, 0) is 6.42 Å². The molecule has 1 heterocycles. The van der Waals surface area contributed by atoms with Gasteiger partial charge in [0.15, 0.2) is 6.29 Å². The zero-order chi connectivity index (χ0) is 8.27. The summed E-state index contributed by atoms with van der Waals surface area (Å²) < 4.78 is 14.6. The van der Waals surface area contributed by atoms with Crippen molar-refractivity contribution in [2.75, 3.05) is 20.8 Å². The first kappa shape index (κ1) is 8.49. The minimum Gasteiger partial charge on any atom is -0.469 e. The lowest BCUT2D eigenvalue weighted by atomic mass is 10.1. The fourth-order valence-electron chi connectivity index (χ4n) is 1.18. The number of rotatable bonds is 2. The Hall–Kier alpha value is -0.610. The van der Waals surface area contributed by atoms with Crippen molar-refractivity contribution in [2.45, 2.75) is 12.7 Å². The van der Waals surface area contributed by atoms with E-state index in [4.69, 9.17) is 9.47 Å². The molecule has 0 spiro atoms. The van der Waals surface area contributed by atoms with Crippen molar-refractivity contribution in [1.29, 1.82) is 0 Å². The van der Waals surface area contributed by atoms with Crippen molar-refractivity contribution in [2.24, 2.45) is 5.92 Å². The van der Waals surface area contributed by atoms with Gasteiger partial charge in [0.2, 0.25) is 0 Å². The Morgan fingerprint density at radius 1 is 1.55 bits per heavy atom. The molecule has 1 rings (SSSR count). The van der Waals surface area contributed by atoms with Crippen LogP contribution in [-0.4, -0.2) is 33.1 Å². The molecule has 1 saturated heterocycles. The summed E-state index contributed by atoms with van der Waals surface area (Å²) in [7, 11) is 2.89. The van der Waals surface area contributed by atoms with Crippen molar-refractivity contribution in [3.63, 3.8) is 0 Å². The smallest absolute Gasteiger partial charge is 0.313 e. The Balaban J connectivity index is 2.49. The minimum absolute atomic E-state index is 0.245. The van der Waals surface area contributed by atoms with Gasteiger partial charge in [-0.1, -0.05) is 0 Å². The molecule has 0 radical (unpaired) electrons. The maximum absolute atomic E-state index is 11.0. The number of esters is 1. The van der Waals surface area contributed by atoms with E-state index in [1.807, 2.05) is 0 Å². The molecule has 0 amide bonds. The van der Waals surface area contributed by atoms with Crippen molar-refractivity contribution >= 4 is 5.97 Å². The summed E-state index contributed by atoms with van der Waals surface area (Å²) in [5.41, 5.74) is 0. The zero-order valence-corrected chi connectivity index (χ0v) is 6.70. The van der Waals surface area contributed by atoms with Gasteiger partial charge in [0.1, 0.15) is 5.92 Å². The van der Waals surface area contributed by atoms with Gasteiger partial charge in [-0.2, -0.15) is 0 Å². The van der Waals surface area contributed by atoms with Crippen LogP contribution in [0.25, 0.3) is 0 Å². The fraction of sp³-hybridized carbons (Fsp3) is 0.857. The first-order valence-electron chi connectivity index (χ1n) is 3.52. The zero-order valence-electron chi connectivity index (χ0n) is 6.70. The fourth-order valence-corrected chi connectivity index (χ4v) is 1.18. The lowest BCUT2D eigenvalue weighted by Crippen LogP contribution is -2.26. The third kappa shape index (κ3) is 1.70. The molecule has 0 aromatic rings. The van der Waals surface area contributed by atoms with E-state index in [1.165, 1.54) is 14.2 Å². The van der Waals surface area contributed by atoms with E-state index >= 15 is 0 Å². The largest absolute Gasteiger partial charge is 0.469 e. The Labute approximate surface area is 65.4 Å². The van der Waals surface area contributed by atoms with Crippen LogP contribution < -0.4 is 0 Å². The van der Waals surface area contributed by atoms with Gasteiger partial charge in [0, 0.05) is 7.11 Å². The lowest BCUT2D eigenvalue weighted by molar-refractivity contribution is -0.161. The maximum Gasteiger partial charge on any atom is 0.313 e. The van der Waals surface area contributed by atoms with Crippen LogP contribution in [0.1, 0.15) is 6.42 Å². The van der Waals surface area contributed by atoms with Crippen LogP contribution in [0.4, 0.5) is 0 Å². The molecule has 2 atom stereocenters. The topological polar surface area (TPSA) is 44.8 Å². The molecule has 1 aliphatic rings. The molecule has 0 N–H and O–H groups in total. The number of hydrogen-bond acceptors (Lipinski definition) is 4. The van der Waals surface area contributed by atoms with Gasteiger partial charge < -0.3 is 14.2 Å². The van der Waals surface area contributed by atoms with Crippen LogP contribution in [0.3, 0.4) is 0 Å². The summed E-state index contributed by atoms with van der Waals surface area (Å²) in [6.45, 7) is 0.568. The molecule has 64 valence electrons. The maximum atomic E-state index is 11.0. The summed E-state index contributed by atoms with van der Waals surface area (Å²) in [5, 5.41) is 0. The second kappa shape index (κ2) is 3.69. The molecule has 0 aromatic carbocycles. The second-order valence-electron chi connectivity index (χ2n) is 2.39. The molecule has 0 aromatic heterocycles. The monoisotopic (exact) mass is 160 g/mol. The molecule has 1 aliphatic heterocycles. The van der Waals surface area contributed by atoms with Gasteiger partial charge >= 0.3 is 5.97 Å². The van der Waals surface area contributed by atoms with Crippen LogP contribution in [0.2, 0.25) is 0 Å². The molecular formula is C7H12O4. The van der Waals surface area contributed by atoms with E-state index in [0.29, 0.717) is 13.0 Å². The van der Waals surface area contributed by atoms with Crippen LogP contribution in [0, 0.1) is 5.92 Å². The first-order chi connectivity index (χ1) is 5.29. The van der Waals surface area contributed by atoms with Crippen molar-refractivity contribution in [3.8, 4) is 0 Å². The second-order valence-corrected chi connectivity index (χ2v) is 2.39. The predicted molar refractivity (Wildman–Crippen MR) is 36.9 cm³/mol. The van der Waals surface area contributed by atoms with Crippen molar-refractivity contribution < 1.29 is 19.0 Å². The average molecular weight is 160 g/mol. The molecule has 0 bridgehead atoms. The third-order valence-electron chi connectivity index (χ3n) is 1.78. The highest BCUT2D eigenvalue weighted by atomic mass is 16.7.